The Bertz CT molecular complexity index is 445. The normalized spacial score (nSPS) is 14.2. The van der Waals surface area contributed by atoms with Crippen molar-refractivity contribution in [2.24, 2.45) is 17.1 Å². The average molecular weight is 296 g/mol. The van der Waals surface area contributed by atoms with Crippen LogP contribution in [0.15, 0.2) is 6.33 Å². The Morgan fingerprint density at radius 2 is 2.19 bits per heavy atom. The lowest BCUT2D eigenvalue weighted by atomic mass is 9.77. The summed E-state index contributed by atoms with van der Waals surface area (Å²) in [5.74, 6) is 0.920. The minimum absolute atomic E-state index is 0.229. The lowest BCUT2D eigenvalue weighted by Crippen LogP contribution is -2.43. The minimum Gasteiger partial charge on any atom is -0.466 e. The fourth-order valence-corrected chi connectivity index (χ4v) is 2.66. The van der Waals surface area contributed by atoms with Crippen molar-refractivity contribution < 1.29 is 9.53 Å². The molecular weight excluding hydrogens is 268 g/mol. The fourth-order valence-electron chi connectivity index (χ4n) is 2.66. The lowest BCUT2D eigenvalue weighted by Gasteiger charge is -2.31. The van der Waals surface area contributed by atoms with Gasteiger partial charge in [0.25, 0.3) is 0 Å². The Morgan fingerprint density at radius 1 is 1.48 bits per heavy atom. The van der Waals surface area contributed by atoms with Crippen LogP contribution in [-0.2, 0) is 22.5 Å². The van der Waals surface area contributed by atoms with Gasteiger partial charge >= 0.3 is 5.97 Å². The van der Waals surface area contributed by atoms with Gasteiger partial charge in [0, 0.05) is 19.5 Å². The van der Waals surface area contributed by atoms with E-state index >= 15 is 0 Å². The average Bonchev–Trinajstić information content (AvgIpc) is 2.85. The highest BCUT2D eigenvalue weighted by Crippen LogP contribution is 2.31. The first-order valence-electron chi connectivity index (χ1n) is 7.73. The van der Waals surface area contributed by atoms with Crippen LogP contribution in [0.1, 0.15) is 46.4 Å². The molecule has 1 heterocycles. The molecule has 120 valence electrons. The highest BCUT2D eigenvalue weighted by Gasteiger charge is 2.40. The second kappa shape index (κ2) is 8.12. The van der Waals surface area contributed by atoms with E-state index in [4.69, 9.17) is 10.5 Å². The van der Waals surface area contributed by atoms with Crippen LogP contribution in [-0.4, -0.2) is 33.9 Å². The lowest BCUT2D eigenvalue weighted by molar-refractivity contribution is -0.156. The maximum Gasteiger partial charge on any atom is 0.313 e. The summed E-state index contributed by atoms with van der Waals surface area (Å²) in [6, 6.07) is 0. The number of hydrogen-bond donors (Lipinski definition) is 1. The van der Waals surface area contributed by atoms with Crippen LogP contribution < -0.4 is 5.73 Å². The summed E-state index contributed by atoms with van der Waals surface area (Å²) in [5, 5.41) is 4.22. The monoisotopic (exact) mass is 296 g/mol. The van der Waals surface area contributed by atoms with Crippen LogP contribution in [0.2, 0.25) is 0 Å². The third-order valence-electron chi connectivity index (χ3n) is 3.53. The molecular formula is C15H28N4O2. The highest BCUT2D eigenvalue weighted by molar-refractivity contribution is 5.77. The van der Waals surface area contributed by atoms with Gasteiger partial charge in [0.05, 0.1) is 12.0 Å². The molecule has 1 aromatic rings. The Kier molecular flexibility index (Phi) is 6.81. The van der Waals surface area contributed by atoms with Crippen LogP contribution in [0.3, 0.4) is 0 Å². The quantitative estimate of drug-likeness (QED) is 0.702. The van der Waals surface area contributed by atoms with Gasteiger partial charge in [0.1, 0.15) is 12.2 Å². The van der Waals surface area contributed by atoms with E-state index < -0.39 is 5.41 Å². The number of rotatable bonds is 9. The molecule has 0 fully saturated rings. The summed E-state index contributed by atoms with van der Waals surface area (Å²) in [6.45, 7) is 9.47. The number of carbonyl (C=O) groups excluding carboxylic acids is 1. The minimum atomic E-state index is -0.720. The highest BCUT2D eigenvalue weighted by atomic mass is 16.5. The van der Waals surface area contributed by atoms with Gasteiger partial charge < -0.3 is 10.5 Å². The van der Waals surface area contributed by atoms with E-state index in [1.807, 2.05) is 11.6 Å². The second-order valence-corrected chi connectivity index (χ2v) is 5.88. The molecule has 0 aliphatic rings. The molecule has 0 aliphatic heterocycles. The molecule has 6 heteroatoms. The number of aromatic nitrogens is 3. The van der Waals surface area contributed by atoms with E-state index in [2.05, 4.69) is 30.9 Å². The molecule has 0 amide bonds. The van der Waals surface area contributed by atoms with Crippen LogP contribution >= 0.6 is 0 Å². The fraction of sp³-hybridized carbons (Fsp3) is 0.800. The summed E-state index contributed by atoms with van der Waals surface area (Å²) >= 11 is 0. The van der Waals surface area contributed by atoms with Gasteiger partial charge in [0.2, 0.25) is 0 Å². The maximum atomic E-state index is 12.5. The molecule has 0 saturated carbocycles. The molecule has 2 N–H and O–H groups in total. The van der Waals surface area contributed by atoms with Crippen molar-refractivity contribution in [2.45, 2.75) is 53.5 Å². The summed E-state index contributed by atoms with van der Waals surface area (Å²) in [7, 11) is 0. The summed E-state index contributed by atoms with van der Waals surface area (Å²) in [4.78, 5) is 16.8. The number of ether oxygens (including phenoxy) is 1. The predicted octanol–water partition coefficient (Wildman–Crippen LogP) is 1.78. The van der Waals surface area contributed by atoms with E-state index in [-0.39, 0.29) is 12.5 Å². The molecule has 0 aromatic carbocycles. The van der Waals surface area contributed by atoms with E-state index in [0.29, 0.717) is 25.4 Å². The molecule has 0 aliphatic carbocycles. The van der Waals surface area contributed by atoms with Crippen molar-refractivity contribution in [3.63, 3.8) is 0 Å². The number of nitrogens with zero attached hydrogens (tertiary/aromatic N) is 3. The van der Waals surface area contributed by atoms with Crippen molar-refractivity contribution in [3.8, 4) is 0 Å². The largest absolute Gasteiger partial charge is 0.466 e. The zero-order valence-electron chi connectivity index (χ0n) is 13.6. The first kappa shape index (κ1) is 17.6. The standard InChI is InChI=1S/C15H28N4O2/c1-5-7-19-13(17-11-18-19)9-15(10-16,8-12(3)4)14(20)21-6-2/h11-12H,5-10,16H2,1-4H3. The molecule has 1 atom stereocenters. The third-order valence-corrected chi connectivity index (χ3v) is 3.53. The van der Waals surface area contributed by atoms with Crippen molar-refractivity contribution >= 4 is 5.97 Å². The summed E-state index contributed by atoms with van der Waals surface area (Å²) in [5.41, 5.74) is 5.25. The van der Waals surface area contributed by atoms with Crippen molar-refractivity contribution in [3.05, 3.63) is 12.2 Å². The zero-order valence-corrected chi connectivity index (χ0v) is 13.6. The van der Waals surface area contributed by atoms with Crippen molar-refractivity contribution in [2.75, 3.05) is 13.2 Å². The van der Waals surface area contributed by atoms with Gasteiger partial charge in [-0.25, -0.2) is 4.98 Å². The Morgan fingerprint density at radius 3 is 2.71 bits per heavy atom. The topological polar surface area (TPSA) is 83.0 Å². The molecule has 1 aromatic heterocycles. The SMILES string of the molecule is CCCn1ncnc1CC(CN)(CC(C)C)C(=O)OCC. The van der Waals surface area contributed by atoms with Crippen molar-refractivity contribution in [1.29, 1.82) is 0 Å². The zero-order chi connectivity index (χ0) is 15.9. The number of carbonyl (C=O) groups is 1. The van der Waals surface area contributed by atoms with Gasteiger partial charge in [-0.3, -0.25) is 9.48 Å². The van der Waals surface area contributed by atoms with Crippen LogP contribution in [0.25, 0.3) is 0 Å². The number of nitrogens with two attached hydrogens (primary N) is 1. The summed E-state index contributed by atoms with van der Waals surface area (Å²) < 4.78 is 7.12. The van der Waals surface area contributed by atoms with Crippen LogP contribution in [0.4, 0.5) is 0 Å². The van der Waals surface area contributed by atoms with Gasteiger partial charge in [-0.1, -0.05) is 20.8 Å². The maximum absolute atomic E-state index is 12.5. The van der Waals surface area contributed by atoms with Crippen LogP contribution in [0.5, 0.6) is 0 Å². The molecule has 0 saturated heterocycles. The molecule has 0 spiro atoms. The molecule has 0 radical (unpaired) electrons. The third kappa shape index (κ3) is 4.52. The van der Waals surface area contributed by atoms with E-state index in [1.165, 1.54) is 6.33 Å². The predicted molar refractivity (Wildman–Crippen MR) is 81.6 cm³/mol. The molecule has 1 unspecified atom stereocenters. The number of hydrogen-bond acceptors (Lipinski definition) is 5. The number of aryl methyl sites for hydroxylation is 1. The molecule has 0 bridgehead atoms. The van der Waals surface area contributed by atoms with E-state index in [0.717, 1.165) is 18.8 Å². The van der Waals surface area contributed by atoms with Gasteiger partial charge in [-0.2, -0.15) is 5.10 Å². The second-order valence-electron chi connectivity index (χ2n) is 5.88. The van der Waals surface area contributed by atoms with Crippen LogP contribution in [0, 0.1) is 11.3 Å². The first-order chi connectivity index (χ1) is 9.99. The number of esters is 1. The van der Waals surface area contributed by atoms with E-state index in [1.54, 1.807) is 0 Å². The smallest absolute Gasteiger partial charge is 0.313 e. The Balaban J connectivity index is 3.05. The van der Waals surface area contributed by atoms with Gasteiger partial charge in [0.15, 0.2) is 0 Å². The van der Waals surface area contributed by atoms with E-state index in [9.17, 15) is 4.79 Å². The van der Waals surface area contributed by atoms with Gasteiger partial charge in [-0.05, 0) is 25.7 Å². The molecule has 6 nitrogen and oxygen atoms in total. The van der Waals surface area contributed by atoms with Crippen molar-refractivity contribution in [1.82, 2.24) is 14.8 Å². The first-order valence-corrected chi connectivity index (χ1v) is 7.73. The van der Waals surface area contributed by atoms with Gasteiger partial charge in [-0.15, -0.1) is 0 Å². The Labute approximate surface area is 127 Å². The summed E-state index contributed by atoms with van der Waals surface area (Å²) in [6.07, 6.45) is 3.66. The molecule has 21 heavy (non-hydrogen) atoms. The Hall–Kier alpha value is -1.43. The molecule has 1 rings (SSSR count).